The van der Waals surface area contributed by atoms with Crippen LogP contribution in [0.3, 0.4) is 0 Å². The summed E-state index contributed by atoms with van der Waals surface area (Å²) >= 11 is 5.38. The summed E-state index contributed by atoms with van der Waals surface area (Å²) in [6, 6.07) is 2.19. The van der Waals surface area contributed by atoms with Crippen LogP contribution in [-0.2, 0) is 11.2 Å². The first-order valence-corrected chi connectivity index (χ1v) is 8.86. The summed E-state index contributed by atoms with van der Waals surface area (Å²) < 4.78 is 7.34. The fourth-order valence-electron chi connectivity index (χ4n) is 3.26. The van der Waals surface area contributed by atoms with Gasteiger partial charge in [0.05, 0.1) is 5.60 Å². The van der Waals surface area contributed by atoms with E-state index >= 15 is 0 Å². The normalized spacial score (nSPS) is 29.4. The topological polar surface area (TPSA) is 35.2 Å². The van der Waals surface area contributed by atoms with Gasteiger partial charge in [-0.3, -0.25) is 0 Å². The standard InChI is InChI=1S/C15H24BrNOS/c1-3-18-15(7-4-5-11(2)10-15)14(17)9-13-12(16)6-8-19-13/h6,8,11,14H,3-5,7,9-10,17H2,1-2H3. The van der Waals surface area contributed by atoms with Gasteiger partial charge in [-0.25, -0.2) is 0 Å². The summed E-state index contributed by atoms with van der Waals surface area (Å²) in [5.74, 6) is 0.720. The Morgan fingerprint density at radius 1 is 1.63 bits per heavy atom. The minimum Gasteiger partial charge on any atom is -0.374 e. The molecule has 2 nitrogen and oxygen atoms in total. The van der Waals surface area contributed by atoms with Crippen LogP contribution >= 0.6 is 27.3 Å². The van der Waals surface area contributed by atoms with E-state index in [4.69, 9.17) is 10.5 Å². The highest BCUT2D eigenvalue weighted by Crippen LogP contribution is 2.39. The van der Waals surface area contributed by atoms with Crippen molar-refractivity contribution in [3.63, 3.8) is 0 Å². The van der Waals surface area contributed by atoms with E-state index in [1.165, 1.54) is 22.2 Å². The van der Waals surface area contributed by atoms with Gasteiger partial charge in [-0.2, -0.15) is 0 Å². The van der Waals surface area contributed by atoms with Crippen LogP contribution in [0.4, 0.5) is 0 Å². The molecule has 0 aliphatic heterocycles. The second kappa shape index (κ2) is 6.70. The van der Waals surface area contributed by atoms with Crippen LogP contribution in [0.25, 0.3) is 0 Å². The van der Waals surface area contributed by atoms with Crippen LogP contribution in [-0.4, -0.2) is 18.2 Å². The molecular formula is C15H24BrNOS. The molecule has 1 heterocycles. The number of thiophene rings is 1. The Hall–Kier alpha value is 0.100. The Labute approximate surface area is 128 Å². The predicted octanol–water partition coefficient (Wildman–Crippen LogP) is 4.37. The molecule has 1 aliphatic rings. The summed E-state index contributed by atoms with van der Waals surface area (Å²) in [7, 11) is 0. The molecule has 0 spiro atoms. The van der Waals surface area contributed by atoms with Gasteiger partial charge in [0.25, 0.3) is 0 Å². The number of rotatable bonds is 5. The Kier molecular flexibility index (Phi) is 5.46. The second-order valence-corrected chi connectivity index (χ2v) is 7.56. The second-order valence-electron chi connectivity index (χ2n) is 5.70. The monoisotopic (exact) mass is 345 g/mol. The van der Waals surface area contributed by atoms with Crippen LogP contribution in [0.5, 0.6) is 0 Å². The van der Waals surface area contributed by atoms with Gasteiger partial charge in [-0.05, 0) is 53.1 Å². The fraction of sp³-hybridized carbons (Fsp3) is 0.733. The first-order chi connectivity index (χ1) is 9.07. The number of hydrogen-bond donors (Lipinski definition) is 1. The number of nitrogens with two attached hydrogens (primary N) is 1. The minimum atomic E-state index is -0.115. The van der Waals surface area contributed by atoms with E-state index in [2.05, 4.69) is 41.2 Å². The summed E-state index contributed by atoms with van der Waals surface area (Å²) in [6.45, 7) is 5.15. The lowest BCUT2D eigenvalue weighted by Crippen LogP contribution is -2.53. The highest BCUT2D eigenvalue weighted by atomic mass is 79.9. The zero-order valence-corrected chi connectivity index (χ0v) is 14.2. The molecule has 0 radical (unpaired) electrons. The number of hydrogen-bond acceptors (Lipinski definition) is 3. The van der Waals surface area contributed by atoms with Crippen LogP contribution < -0.4 is 5.73 Å². The maximum atomic E-state index is 6.55. The molecule has 3 unspecified atom stereocenters. The molecule has 1 saturated carbocycles. The van der Waals surface area contributed by atoms with E-state index in [0.29, 0.717) is 0 Å². The fourth-order valence-corrected chi connectivity index (χ4v) is 4.84. The van der Waals surface area contributed by atoms with Crippen molar-refractivity contribution < 1.29 is 4.74 Å². The van der Waals surface area contributed by atoms with Crippen molar-refractivity contribution in [3.05, 3.63) is 20.8 Å². The number of halogens is 1. The lowest BCUT2D eigenvalue weighted by Gasteiger charge is -2.44. The van der Waals surface area contributed by atoms with Gasteiger partial charge < -0.3 is 10.5 Å². The third kappa shape index (κ3) is 3.60. The molecule has 108 valence electrons. The zero-order chi connectivity index (χ0) is 13.9. The maximum absolute atomic E-state index is 6.55. The Morgan fingerprint density at radius 3 is 3.00 bits per heavy atom. The molecule has 0 bridgehead atoms. The average molecular weight is 346 g/mol. The van der Waals surface area contributed by atoms with Crippen molar-refractivity contribution >= 4 is 27.3 Å². The SMILES string of the molecule is CCOC1(C(N)Cc2sccc2Br)CCCC(C)C1. The summed E-state index contributed by atoms with van der Waals surface area (Å²) in [4.78, 5) is 1.34. The van der Waals surface area contributed by atoms with Crippen LogP contribution in [0.15, 0.2) is 15.9 Å². The number of ether oxygens (including phenoxy) is 1. The van der Waals surface area contributed by atoms with Crippen molar-refractivity contribution in [1.29, 1.82) is 0 Å². The first kappa shape index (κ1) is 15.5. The van der Waals surface area contributed by atoms with Crippen molar-refractivity contribution in [2.75, 3.05) is 6.61 Å². The van der Waals surface area contributed by atoms with Crippen molar-refractivity contribution in [2.24, 2.45) is 11.7 Å². The lowest BCUT2D eigenvalue weighted by molar-refractivity contribution is -0.0924. The van der Waals surface area contributed by atoms with Crippen molar-refractivity contribution in [3.8, 4) is 0 Å². The molecule has 0 aromatic carbocycles. The van der Waals surface area contributed by atoms with Crippen molar-refractivity contribution in [1.82, 2.24) is 0 Å². The molecule has 1 aliphatic carbocycles. The molecule has 2 N–H and O–H groups in total. The quantitative estimate of drug-likeness (QED) is 0.859. The van der Waals surface area contributed by atoms with Crippen LogP contribution in [0.2, 0.25) is 0 Å². The molecule has 2 rings (SSSR count). The Morgan fingerprint density at radius 2 is 2.42 bits per heavy atom. The molecule has 3 atom stereocenters. The van der Waals surface area contributed by atoms with Gasteiger partial charge in [0.1, 0.15) is 0 Å². The third-order valence-electron chi connectivity index (χ3n) is 4.19. The van der Waals surface area contributed by atoms with Gasteiger partial charge in [-0.1, -0.05) is 19.8 Å². The smallest absolute Gasteiger partial charge is 0.0838 e. The molecule has 0 amide bonds. The molecule has 1 aromatic heterocycles. The minimum absolute atomic E-state index is 0.0881. The van der Waals surface area contributed by atoms with Gasteiger partial charge >= 0.3 is 0 Å². The Balaban J connectivity index is 2.11. The maximum Gasteiger partial charge on any atom is 0.0838 e. The summed E-state index contributed by atoms with van der Waals surface area (Å²) in [6.07, 6.45) is 5.66. The van der Waals surface area contributed by atoms with Gasteiger partial charge in [0.2, 0.25) is 0 Å². The largest absolute Gasteiger partial charge is 0.374 e. The van der Waals surface area contributed by atoms with Crippen LogP contribution in [0.1, 0.15) is 44.4 Å². The highest BCUT2D eigenvalue weighted by Gasteiger charge is 2.41. The molecule has 0 saturated heterocycles. The van der Waals surface area contributed by atoms with Gasteiger partial charge in [0.15, 0.2) is 0 Å². The van der Waals surface area contributed by atoms with Crippen molar-refractivity contribution in [2.45, 2.75) is 57.6 Å². The van der Waals surface area contributed by atoms with E-state index in [1.54, 1.807) is 11.3 Å². The zero-order valence-electron chi connectivity index (χ0n) is 11.8. The van der Waals surface area contributed by atoms with Gasteiger partial charge in [0, 0.05) is 28.4 Å². The molecule has 1 aromatic rings. The molecule has 19 heavy (non-hydrogen) atoms. The van der Waals surface area contributed by atoms with E-state index in [-0.39, 0.29) is 11.6 Å². The summed E-state index contributed by atoms with van der Waals surface area (Å²) in [5, 5.41) is 2.11. The van der Waals surface area contributed by atoms with E-state index in [1.807, 2.05) is 0 Å². The summed E-state index contributed by atoms with van der Waals surface area (Å²) in [5.41, 5.74) is 6.44. The highest BCUT2D eigenvalue weighted by molar-refractivity contribution is 9.10. The lowest BCUT2D eigenvalue weighted by atomic mass is 9.74. The molecule has 4 heteroatoms. The van der Waals surface area contributed by atoms with E-state index in [0.717, 1.165) is 31.8 Å². The third-order valence-corrected chi connectivity index (χ3v) is 6.14. The van der Waals surface area contributed by atoms with E-state index in [9.17, 15) is 0 Å². The Bertz CT molecular complexity index is 405. The first-order valence-electron chi connectivity index (χ1n) is 7.19. The van der Waals surface area contributed by atoms with Gasteiger partial charge in [-0.15, -0.1) is 11.3 Å². The van der Waals surface area contributed by atoms with Crippen LogP contribution in [0, 0.1) is 5.92 Å². The predicted molar refractivity (Wildman–Crippen MR) is 85.7 cm³/mol. The average Bonchev–Trinajstić information content (AvgIpc) is 2.75. The molecule has 1 fully saturated rings. The van der Waals surface area contributed by atoms with E-state index < -0.39 is 0 Å². The molecular weight excluding hydrogens is 322 g/mol.